The third kappa shape index (κ3) is 2.37. The fourth-order valence-corrected chi connectivity index (χ4v) is 1.05. The molecule has 0 atom stereocenters. The van der Waals surface area contributed by atoms with E-state index in [4.69, 9.17) is 16.9 Å². The molecule has 14 heavy (non-hydrogen) atoms. The number of rotatable bonds is 3. The summed E-state index contributed by atoms with van der Waals surface area (Å²) in [7, 11) is 0. The van der Waals surface area contributed by atoms with E-state index < -0.39 is 5.92 Å². The van der Waals surface area contributed by atoms with Crippen molar-refractivity contribution in [3.8, 4) is 24.5 Å². The lowest BCUT2D eigenvalue weighted by Crippen LogP contribution is -1.98. The molecule has 0 bridgehead atoms. The monoisotopic (exact) mass is 184 g/mol. The molecule has 0 aliphatic heterocycles. The highest BCUT2D eigenvalue weighted by molar-refractivity contribution is 5.13. The highest BCUT2D eigenvalue weighted by Crippen LogP contribution is 2.06. The maximum Gasteiger partial charge on any atom is 0.137 e. The summed E-state index contributed by atoms with van der Waals surface area (Å²) in [6.45, 7) is 0.407. The summed E-state index contributed by atoms with van der Waals surface area (Å²) in [5, 5.41) is 21.1. The van der Waals surface area contributed by atoms with Crippen molar-refractivity contribution in [1.29, 1.82) is 10.5 Å². The zero-order valence-corrected chi connectivity index (χ0v) is 7.51. The minimum absolute atomic E-state index is 0.400. The van der Waals surface area contributed by atoms with E-state index in [1.165, 1.54) is 0 Å². The van der Waals surface area contributed by atoms with Crippen LogP contribution in [0.3, 0.4) is 0 Å². The van der Waals surface area contributed by atoms with E-state index in [1.807, 2.05) is 12.1 Å². The summed E-state index contributed by atoms with van der Waals surface area (Å²) < 4.78 is 1.60. The highest BCUT2D eigenvalue weighted by atomic mass is 15.3. The Morgan fingerprint density at radius 2 is 2.21 bits per heavy atom. The van der Waals surface area contributed by atoms with Gasteiger partial charge in [0.25, 0.3) is 0 Å². The van der Waals surface area contributed by atoms with Crippen LogP contribution >= 0.6 is 0 Å². The Kier molecular flexibility index (Phi) is 3.30. The van der Waals surface area contributed by atoms with Gasteiger partial charge in [-0.2, -0.15) is 15.6 Å². The van der Waals surface area contributed by atoms with Gasteiger partial charge in [0.1, 0.15) is 12.5 Å². The van der Waals surface area contributed by atoms with Gasteiger partial charge in [0.2, 0.25) is 0 Å². The number of nitrogens with zero attached hydrogens (tertiary/aromatic N) is 4. The summed E-state index contributed by atoms with van der Waals surface area (Å²) in [6.07, 6.45) is 8.88. The highest BCUT2D eigenvalue weighted by Gasteiger charge is 2.07. The van der Waals surface area contributed by atoms with Crippen LogP contribution in [0.1, 0.15) is 5.56 Å². The fraction of sp³-hybridized carbons (Fsp3) is 0.300. The molecule has 1 heterocycles. The van der Waals surface area contributed by atoms with Crippen molar-refractivity contribution < 1.29 is 0 Å². The molecule has 68 valence electrons. The molecule has 1 aromatic rings. The summed E-state index contributed by atoms with van der Waals surface area (Å²) in [5.41, 5.74) is 0.855. The number of hydrogen-bond donors (Lipinski definition) is 0. The second-order valence-corrected chi connectivity index (χ2v) is 2.77. The Bertz CT molecular complexity index is 410. The van der Waals surface area contributed by atoms with Gasteiger partial charge in [-0.3, -0.25) is 4.68 Å². The van der Waals surface area contributed by atoms with E-state index in [9.17, 15) is 0 Å². The van der Waals surface area contributed by atoms with Crippen molar-refractivity contribution in [1.82, 2.24) is 9.78 Å². The molecule has 0 unspecified atom stereocenters. The van der Waals surface area contributed by atoms with Crippen LogP contribution in [0.15, 0.2) is 12.4 Å². The molecule has 0 aliphatic rings. The molecule has 0 saturated carbocycles. The molecule has 0 fully saturated rings. The van der Waals surface area contributed by atoms with E-state index in [-0.39, 0.29) is 0 Å². The smallest absolute Gasteiger partial charge is 0.137 e. The van der Waals surface area contributed by atoms with E-state index >= 15 is 0 Å². The number of nitriles is 2. The van der Waals surface area contributed by atoms with E-state index in [0.717, 1.165) is 5.56 Å². The minimum atomic E-state index is -0.613. The van der Waals surface area contributed by atoms with E-state index in [1.54, 1.807) is 17.1 Å². The summed E-state index contributed by atoms with van der Waals surface area (Å²) in [6, 6.07) is 3.81. The molecule has 4 heteroatoms. The Morgan fingerprint density at radius 3 is 2.79 bits per heavy atom. The molecule has 1 rings (SSSR count). The zero-order valence-electron chi connectivity index (χ0n) is 7.51. The van der Waals surface area contributed by atoms with Crippen molar-refractivity contribution in [3.63, 3.8) is 0 Å². The predicted molar refractivity (Wildman–Crippen MR) is 49.5 cm³/mol. The molecule has 0 saturated heterocycles. The number of terminal acetylenes is 1. The largest absolute Gasteiger partial charge is 0.260 e. The van der Waals surface area contributed by atoms with Gasteiger partial charge in [-0.25, -0.2) is 0 Å². The summed E-state index contributed by atoms with van der Waals surface area (Å²) in [5.74, 6) is 1.84. The number of aromatic nitrogens is 2. The fourth-order valence-electron chi connectivity index (χ4n) is 1.05. The van der Waals surface area contributed by atoms with Crippen molar-refractivity contribution in [2.24, 2.45) is 5.92 Å². The lowest BCUT2D eigenvalue weighted by Gasteiger charge is -1.94. The first kappa shape index (κ1) is 9.84. The van der Waals surface area contributed by atoms with E-state index in [0.29, 0.717) is 13.0 Å². The maximum atomic E-state index is 8.57. The van der Waals surface area contributed by atoms with Gasteiger partial charge < -0.3 is 0 Å². The average molecular weight is 184 g/mol. The Labute approximate surface area is 82.4 Å². The van der Waals surface area contributed by atoms with Crippen LogP contribution in [0, 0.1) is 40.9 Å². The molecule has 0 aliphatic carbocycles. The van der Waals surface area contributed by atoms with Crippen molar-refractivity contribution >= 4 is 0 Å². The van der Waals surface area contributed by atoms with Gasteiger partial charge in [-0.15, -0.1) is 6.42 Å². The quantitative estimate of drug-likeness (QED) is 0.650. The summed E-state index contributed by atoms with van der Waals surface area (Å²) >= 11 is 0. The van der Waals surface area contributed by atoms with Gasteiger partial charge in [0.05, 0.1) is 18.3 Å². The molecule has 0 spiro atoms. The van der Waals surface area contributed by atoms with Crippen LogP contribution in [0.2, 0.25) is 0 Å². The molecule has 0 radical (unpaired) electrons. The van der Waals surface area contributed by atoms with Gasteiger partial charge in [-0.1, -0.05) is 5.92 Å². The van der Waals surface area contributed by atoms with Crippen molar-refractivity contribution in [2.45, 2.75) is 13.0 Å². The van der Waals surface area contributed by atoms with Crippen LogP contribution < -0.4 is 0 Å². The van der Waals surface area contributed by atoms with Crippen molar-refractivity contribution in [2.75, 3.05) is 0 Å². The molecule has 1 aromatic heterocycles. The molecule has 4 nitrogen and oxygen atoms in total. The maximum absolute atomic E-state index is 8.57. The topological polar surface area (TPSA) is 65.4 Å². The molecule has 0 aromatic carbocycles. The van der Waals surface area contributed by atoms with Crippen molar-refractivity contribution in [3.05, 3.63) is 18.0 Å². The Balaban J connectivity index is 2.66. The van der Waals surface area contributed by atoms with Crippen LogP contribution in [-0.4, -0.2) is 9.78 Å². The molecular formula is C10H8N4. The second-order valence-electron chi connectivity index (χ2n) is 2.77. The Morgan fingerprint density at radius 1 is 1.50 bits per heavy atom. The summed E-state index contributed by atoms with van der Waals surface area (Å²) in [4.78, 5) is 0. The zero-order chi connectivity index (χ0) is 10.4. The van der Waals surface area contributed by atoms with E-state index in [2.05, 4.69) is 11.0 Å². The van der Waals surface area contributed by atoms with Gasteiger partial charge in [0.15, 0.2) is 0 Å². The van der Waals surface area contributed by atoms with Gasteiger partial charge in [0, 0.05) is 12.6 Å². The lowest BCUT2D eigenvalue weighted by molar-refractivity contribution is 0.714. The first-order chi connectivity index (χ1) is 6.80. The predicted octanol–water partition coefficient (Wildman–Crippen LogP) is 0.722. The normalized spacial score (nSPS) is 9.00. The molecule has 0 amide bonds. The van der Waals surface area contributed by atoms with Gasteiger partial charge >= 0.3 is 0 Å². The lowest BCUT2D eigenvalue weighted by atomic mass is 10.1. The first-order valence-electron chi connectivity index (χ1n) is 4.04. The Hall–Kier alpha value is -2.25. The molecule has 0 N–H and O–H groups in total. The third-order valence-corrected chi connectivity index (χ3v) is 1.69. The van der Waals surface area contributed by atoms with Crippen LogP contribution in [0.5, 0.6) is 0 Å². The van der Waals surface area contributed by atoms with Crippen LogP contribution in [-0.2, 0) is 13.0 Å². The molecular weight excluding hydrogens is 176 g/mol. The third-order valence-electron chi connectivity index (χ3n) is 1.69. The van der Waals surface area contributed by atoms with Gasteiger partial charge in [-0.05, 0) is 5.56 Å². The number of hydrogen-bond acceptors (Lipinski definition) is 3. The van der Waals surface area contributed by atoms with Crippen LogP contribution in [0.25, 0.3) is 0 Å². The minimum Gasteiger partial charge on any atom is -0.260 e. The first-order valence-corrected chi connectivity index (χ1v) is 4.04. The average Bonchev–Trinajstić information content (AvgIpc) is 2.63. The van der Waals surface area contributed by atoms with Crippen LogP contribution in [0.4, 0.5) is 0 Å². The standard InChI is InChI=1S/C10H8N4/c1-2-3-14-8-10(7-13-14)4-9(5-11)6-12/h1,7-9H,3-4H2. The SMILES string of the molecule is C#CCn1cc(CC(C#N)C#N)cn1. The second kappa shape index (κ2) is 4.70.